The fourth-order valence-corrected chi connectivity index (χ4v) is 3.91. The molecule has 2 aliphatic carbocycles. The van der Waals surface area contributed by atoms with Crippen LogP contribution in [0.3, 0.4) is 0 Å². The first kappa shape index (κ1) is 29.9. The molecule has 180 valence electrons. The number of unbranched alkanes of at least 4 members (excludes halogenated alkanes) is 1. The minimum Gasteiger partial charge on any atom is -0.294 e. The number of ketones is 1. The van der Waals surface area contributed by atoms with Gasteiger partial charge in [0.25, 0.3) is 0 Å². The molecular formula is C31H50O. The molecule has 0 bridgehead atoms. The molecule has 1 heteroatoms. The summed E-state index contributed by atoms with van der Waals surface area (Å²) in [7, 11) is 0. The Balaban J connectivity index is 0. The molecule has 0 aliphatic heterocycles. The Morgan fingerprint density at radius 3 is 2.09 bits per heavy atom. The van der Waals surface area contributed by atoms with Crippen molar-refractivity contribution in [3.8, 4) is 0 Å². The molecule has 1 nitrogen and oxygen atoms in total. The summed E-state index contributed by atoms with van der Waals surface area (Å²) in [5.74, 6) is 0.744. The normalized spacial score (nSPS) is 19.4. The lowest BCUT2D eigenvalue weighted by atomic mass is 9.76. The summed E-state index contributed by atoms with van der Waals surface area (Å²) in [6.07, 6.45) is 16.4. The van der Waals surface area contributed by atoms with Crippen LogP contribution in [0.25, 0.3) is 0 Å². The van der Waals surface area contributed by atoms with Crippen LogP contribution < -0.4 is 0 Å². The van der Waals surface area contributed by atoms with Gasteiger partial charge in [-0.25, -0.2) is 0 Å². The molecule has 1 fully saturated rings. The van der Waals surface area contributed by atoms with E-state index in [-0.39, 0.29) is 13.1 Å². The van der Waals surface area contributed by atoms with Crippen molar-refractivity contribution in [2.24, 2.45) is 11.8 Å². The summed E-state index contributed by atoms with van der Waals surface area (Å²) >= 11 is 0. The number of rotatable bonds is 5. The molecule has 1 aromatic rings. The molecule has 1 aromatic carbocycles. The van der Waals surface area contributed by atoms with Crippen molar-refractivity contribution in [1.82, 2.24) is 0 Å². The maximum atomic E-state index is 12.3. The van der Waals surface area contributed by atoms with Crippen molar-refractivity contribution in [1.29, 1.82) is 0 Å². The van der Waals surface area contributed by atoms with Crippen LogP contribution in [0.2, 0.25) is 0 Å². The molecule has 0 spiro atoms. The largest absolute Gasteiger partial charge is 0.294 e. The van der Waals surface area contributed by atoms with Gasteiger partial charge in [0.2, 0.25) is 0 Å². The summed E-state index contributed by atoms with van der Waals surface area (Å²) in [4.78, 5) is 12.3. The van der Waals surface area contributed by atoms with Crippen molar-refractivity contribution >= 4 is 5.78 Å². The Bertz CT molecular complexity index is 731. The zero-order chi connectivity index (χ0) is 24.4. The fourth-order valence-electron chi connectivity index (χ4n) is 3.91. The maximum absolute atomic E-state index is 12.3. The zero-order valence-corrected chi connectivity index (χ0v) is 21.9. The maximum Gasteiger partial charge on any atom is 0.163 e. The SMILES string of the molecule is C=C1/C(=C\C=C(/C)Cc2ccccc2)C=CC(=O)C1C1CCCC1.CC.CC.CCCC.[HH]. The average molecular weight is 439 g/mol. The van der Waals surface area contributed by atoms with Crippen molar-refractivity contribution in [3.05, 3.63) is 83.5 Å². The number of hydrogen-bond acceptors (Lipinski definition) is 1. The van der Waals surface area contributed by atoms with E-state index in [2.05, 4.69) is 63.8 Å². The van der Waals surface area contributed by atoms with E-state index in [1.165, 1.54) is 49.7 Å². The molecule has 3 rings (SSSR count). The summed E-state index contributed by atoms with van der Waals surface area (Å²) in [6.45, 7) is 18.8. The zero-order valence-electron chi connectivity index (χ0n) is 21.9. The highest BCUT2D eigenvalue weighted by molar-refractivity contribution is 5.97. The van der Waals surface area contributed by atoms with Gasteiger partial charge in [-0.2, -0.15) is 0 Å². The summed E-state index contributed by atoms with van der Waals surface area (Å²) in [6, 6.07) is 10.5. The topological polar surface area (TPSA) is 17.1 Å². The molecule has 2 aliphatic rings. The van der Waals surface area contributed by atoms with Gasteiger partial charge in [-0.3, -0.25) is 4.79 Å². The van der Waals surface area contributed by atoms with Crippen LogP contribution in [0.5, 0.6) is 0 Å². The number of carbonyl (C=O) groups excluding carboxylic acids is 1. The first-order valence-electron chi connectivity index (χ1n) is 12.9. The van der Waals surface area contributed by atoms with Gasteiger partial charge in [0.15, 0.2) is 5.78 Å². The molecule has 1 unspecified atom stereocenters. The van der Waals surface area contributed by atoms with Crippen LogP contribution in [-0.2, 0) is 11.2 Å². The van der Waals surface area contributed by atoms with Crippen molar-refractivity contribution in [3.63, 3.8) is 0 Å². The van der Waals surface area contributed by atoms with Crippen LogP contribution in [0.1, 0.15) is 94.0 Å². The van der Waals surface area contributed by atoms with E-state index in [0.29, 0.717) is 5.92 Å². The Labute approximate surface area is 200 Å². The minimum atomic E-state index is 0. The van der Waals surface area contributed by atoms with Crippen LogP contribution in [-0.4, -0.2) is 5.78 Å². The van der Waals surface area contributed by atoms with Gasteiger partial charge in [0.1, 0.15) is 0 Å². The van der Waals surface area contributed by atoms with Gasteiger partial charge >= 0.3 is 0 Å². The third kappa shape index (κ3) is 10.4. The van der Waals surface area contributed by atoms with Crippen LogP contribution >= 0.6 is 0 Å². The Morgan fingerprint density at radius 2 is 1.56 bits per heavy atom. The second kappa shape index (κ2) is 18.4. The first-order chi connectivity index (χ1) is 15.6. The second-order valence-corrected chi connectivity index (χ2v) is 8.08. The highest BCUT2D eigenvalue weighted by Gasteiger charge is 2.33. The number of benzene rings is 1. The standard InChI is InChI=1S/C23H26O.C4H10.2C2H6.H2/c1-17(16-19-8-4-3-5-9-19)12-13-20-14-15-22(24)23(18(20)2)21-10-6-7-11-21;1-3-4-2;2*1-2;/h3-5,8-9,12-15,21,23H,2,6-7,10-11,16H2,1H3;3-4H2,1-2H3;2*1-2H3;1H/b17-12+,20-13-;;;;. The molecule has 0 amide bonds. The van der Waals surface area contributed by atoms with Crippen molar-refractivity contribution in [2.45, 2.75) is 93.4 Å². The van der Waals surface area contributed by atoms with Gasteiger partial charge in [0.05, 0.1) is 0 Å². The van der Waals surface area contributed by atoms with Crippen LogP contribution in [0.15, 0.2) is 77.9 Å². The molecule has 0 aromatic heterocycles. The van der Waals surface area contributed by atoms with Gasteiger partial charge < -0.3 is 0 Å². The number of allylic oxidation sites excluding steroid dienone is 7. The highest BCUT2D eigenvalue weighted by atomic mass is 16.1. The molecule has 1 atom stereocenters. The summed E-state index contributed by atoms with van der Waals surface area (Å²) in [5, 5.41) is 0. The predicted octanol–water partition coefficient (Wildman–Crippen LogP) is 9.71. The van der Waals surface area contributed by atoms with E-state index in [9.17, 15) is 4.79 Å². The monoisotopic (exact) mass is 438 g/mol. The second-order valence-electron chi connectivity index (χ2n) is 8.08. The predicted molar refractivity (Wildman–Crippen MR) is 146 cm³/mol. The molecule has 0 N–H and O–H groups in total. The quantitative estimate of drug-likeness (QED) is 0.447. The summed E-state index contributed by atoms with van der Waals surface area (Å²) in [5.41, 5.74) is 4.75. The molecular weight excluding hydrogens is 388 g/mol. The molecule has 0 saturated heterocycles. The minimum absolute atomic E-state index is 0. The van der Waals surface area contributed by atoms with E-state index in [0.717, 1.165) is 17.6 Å². The van der Waals surface area contributed by atoms with Gasteiger partial charge in [-0.05, 0) is 54.9 Å². The molecule has 1 saturated carbocycles. The van der Waals surface area contributed by atoms with E-state index < -0.39 is 0 Å². The molecule has 0 radical (unpaired) electrons. The van der Waals surface area contributed by atoms with E-state index in [1.54, 1.807) is 6.08 Å². The lowest BCUT2D eigenvalue weighted by Gasteiger charge is -2.27. The molecule has 32 heavy (non-hydrogen) atoms. The smallest absolute Gasteiger partial charge is 0.163 e. The highest BCUT2D eigenvalue weighted by Crippen LogP contribution is 2.39. The van der Waals surface area contributed by atoms with E-state index >= 15 is 0 Å². The average Bonchev–Trinajstić information content (AvgIpc) is 3.36. The van der Waals surface area contributed by atoms with Gasteiger partial charge in [-0.15, -0.1) is 0 Å². The third-order valence-corrected chi connectivity index (χ3v) is 5.72. The van der Waals surface area contributed by atoms with E-state index in [4.69, 9.17) is 0 Å². The van der Waals surface area contributed by atoms with Crippen LogP contribution in [0, 0.1) is 11.8 Å². The van der Waals surface area contributed by atoms with Crippen molar-refractivity contribution in [2.75, 3.05) is 0 Å². The van der Waals surface area contributed by atoms with Crippen molar-refractivity contribution < 1.29 is 6.22 Å². The van der Waals surface area contributed by atoms with Crippen LogP contribution in [0.4, 0.5) is 0 Å². The molecule has 0 heterocycles. The van der Waals surface area contributed by atoms with Gasteiger partial charge in [0, 0.05) is 7.34 Å². The van der Waals surface area contributed by atoms with E-state index in [1.807, 2.05) is 39.8 Å². The fraction of sp³-hybridized carbons (Fsp3) is 0.516. The first-order valence-corrected chi connectivity index (χ1v) is 12.9. The van der Waals surface area contributed by atoms with Gasteiger partial charge in [-0.1, -0.05) is 128 Å². The third-order valence-electron chi connectivity index (χ3n) is 5.72. The Morgan fingerprint density at radius 1 is 1.00 bits per heavy atom. The Kier molecular flexibility index (Phi) is 17.2. The lowest BCUT2D eigenvalue weighted by Crippen LogP contribution is -2.25. The number of hydrogen-bond donors (Lipinski definition) is 0. The lowest BCUT2D eigenvalue weighted by molar-refractivity contribution is -0.118. The number of carbonyl (C=O) groups is 1. The Hall–Kier alpha value is -2.15. The summed E-state index contributed by atoms with van der Waals surface area (Å²) < 4.78 is 0.